The fourth-order valence-electron chi connectivity index (χ4n) is 1.44. The molecule has 0 saturated heterocycles. The van der Waals surface area contributed by atoms with Crippen LogP contribution in [0.3, 0.4) is 0 Å². The number of carbonyl (C=O) groups excluding carboxylic acids is 1. The maximum atomic E-state index is 11.5. The van der Waals surface area contributed by atoms with Gasteiger partial charge in [-0.1, -0.05) is 0 Å². The van der Waals surface area contributed by atoms with Crippen molar-refractivity contribution in [1.82, 2.24) is 14.8 Å². The minimum Gasteiger partial charge on any atom is -0.465 e. The predicted molar refractivity (Wildman–Crippen MR) is 64.5 cm³/mol. The van der Waals surface area contributed by atoms with Crippen LogP contribution >= 0.6 is 11.8 Å². The van der Waals surface area contributed by atoms with Gasteiger partial charge in [-0.2, -0.15) is 5.10 Å². The predicted octanol–water partition coefficient (Wildman–Crippen LogP) is 1.78. The Balaban J connectivity index is 2.44. The third-order valence-corrected chi connectivity index (χ3v) is 3.05. The van der Waals surface area contributed by atoms with E-state index < -0.39 is 0 Å². The summed E-state index contributed by atoms with van der Waals surface area (Å²) in [7, 11) is 1.37. The first kappa shape index (κ1) is 11.7. The fraction of sp³-hybridized carbons (Fsp3) is 0.182. The number of thioether (sulfide) groups is 1. The van der Waals surface area contributed by atoms with Gasteiger partial charge < -0.3 is 4.74 Å². The first-order valence-electron chi connectivity index (χ1n) is 4.87. The number of nitrogens with zero attached hydrogens (tertiary/aromatic N) is 3. The molecular formula is C11H11N3O2S. The minimum atomic E-state index is -0.334. The van der Waals surface area contributed by atoms with Crippen molar-refractivity contribution < 1.29 is 9.53 Å². The van der Waals surface area contributed by atoms with Crippen molar-refractivity contribution in [2.45, 2.75) is 4.90 Å². The molecule has 6 heteroatoms. The van der Waals surface area contributed by atoms with Crippen LogP contribution in [-0.4, -0.2) is 34.1 Å². The van der Waals surface area contributed by atoms with Crippen molar-refractivity contribution in [1.29, 1.82) is 0 Å². The van der Waals surface area contributed by atoms with Crippen LogP contribution in [0.25, 0.3) is 5.69 Å². The number of hydrogen-bond acceptors (Lipinski definition) is 5. The molecule has 0 atom stereocenters. The van der Waals surface area contributed by atoms with Gasteiger partial charge in [-0.05, 0) is 24.5 Å². The highest BCUT2D eigenvalue weighted by molar-refractivity contribution is 7.98. The van der Waals surface area contributed by atoms with E-state index in [4.69, 9.17) is 4.74 Å². The fourth-order valence-corrected chi connectivity index (χ4v) is 2.05. The highest BCUT2D eigenvalue weighted by atomic mass is 32.2. The van der Waals surface area contributed by atoms with Gasteiger partial charge in [0.15, 0.2) is 0 Å². The average molecular weight is 249 g/mol. The van der Waals surface area contributed by atoms with E-state index in [9.17, 15) is 4.79 Å². The molecule has 0 saturated carbocycles. The summed E-state index contributed by atoms with van der Waals surface area (Å²) >= 11 is 1.49. The Labute approximate surface area is 103 Å². The van der Waals surface area contributed by atoms with Gasteiger partial charge in [-0.25, -0.2) is 14.5 Å². The number of rotatable bonds is 3. The number of aromatic nitrogens is 3. The van der Waals surface area contributed by atoms with Gasteiger partial charge in [0.25, 0.3) is 0 Å². The lowest BCUT2D eigenvalue weighted by Crippen LogP contribution is -2.04. The van der Waals surface area contributed by atoms with E-state index in [1.807, 2.05) is 12.3 Å². The normalized spacial score (nSPS) is 10.2. The number of benzene rings is 1. The smallest absolute Gasteiger partial charge is 0.338 e. The van der Waals surface area contributed by atoms with Crippen molar-refractivity contribution in [3.63, 3.8) is 0 Å². The summed E-state index contributed by atoms with van der Waals surface area (Å²) < 4.78 is 6.36. The molecule has 0 unspecified atom stereocenters. The highest BCUT2D eigenvalue weighted by Gasteiger charge is 2.12. The molecule has 0 N–H and O–H groups in total. The molecule has 17 heavy (non-hydrogen) atoms. The Morgan fingerprint density at radius 2 is 2.29 bits per heavy atom. The topological polar surface area (TPSA) is 57.0 Å². The first-order valence-corrected chi connectivity index (χ1v) is 6.10. The van der Waals surface area contributed by atoms with Crippen LogP contribution in [0.4, 0.5) is 0 Å². The van der Waals surface area contributed by atoms with E-state index >= 15 is 0 Å². The molecule has 0 amide bonds. The Morgan fingerprint density at radius 1 is 1.47 bits per heavy atom. The standard InChI is InChI=1S/C11H11N3O2S/c1-16-11(15)9-4-3-8(5-10(9)17-2)14-7-12-6-13-14/h3-7H,1-2H3. The summed E-state index contributed by atoms with van der Waals surface area (Å²) in [6, 6.07) is 5.42. The molecule has 88 valence electrons. The molecule has 0 spiro atoms. The molecule has 2 rings (SSSR count). The van der Waals surface area contributed by atoms with Gasteiger partial charge in [-0.15, -0.1) is 11.8 Å². The largest absolute Gasteiger partial charge is 0.465 e. The molecule has 1 aromatic heterocycles. The molecule has 2 aromatic rings. The van der Waals surface area contributed by atoms with Crippen molar-refractivity contribution in [2.75, 3.05) is 13.4 Å². The lowest BCUT2D eigenvalue weighted by Gasteiger charge is -2.07. The Kier molecular flexibility index (Phi) is 3.43. The summed E-state index contributed by atoms with van der Waals surface area (Å²) in [4.78, 5) is 16.3. The second-order valence-electron chi connectivity index (χ2n) is 3.22. The molecule has 0 aliphatic heterocycles. The lowest BCUT2D eigenvalue weighted by atomic mass is 10.2. The van der Waals surface area contributed by atoms with Crippen LogP contribution in [0.1, 0.15) is 10.4 Å². The molecular weight excluding hydrogens is 238 g/mol. The first-order chi connectivity index (χ1) is 8.26. The molecule has 0 aliphatic rings. The van der Waals surface area contributed by atoms with Crippen molar-refractivity contribution in [3.8, 4) is 5.69 Å². The van der Waals surface area contributed by atoms with Gasteiger partial charge in [0.05, 0.1) is 18.4 Å². The van der Waals surface area contributed by atoms with Crippen LogP contribution < -0.4 is 0 Å². The number of esters is 1. The van der Waals surface area contributed by atoms with E-state index in [0.29, 0.717) is 5.56 Å². The summed E-state index contributed by atoms with van der Waals surface area (Å²) in [6.45, 7) is 0. The minimum absolute atomic E-state index is 0.334. The number of methoxy groups -OCH3 is 1. The Hall–Kier alpha value is -1.82. The van der Waals surface area contributed by atoms with Crippen molar-refractivity contribution in [2.24, 2.45) is 0 Å². The molecule has 0 radical (unpaired) electrons. The monoisotopic (exact) mass is 249 g/mol. The van der Waals surface area contributed by atoms with Crippen LogP contribution in [0, 0.1) is 0 Å². The van der Waals surface area contributed by atoms with E-state index in [2.05, 4.69) is 10.1 Å². The maximum Gasteiger partial charge on any atom is 0.338 e. The van der Waals surface area contributed by atoms with Gasteiger partial charge >= 0.3 is 5.97 Å². The number of hydrogen-bond donors (Lipinski definition) is 0. The Morgan fingerprint density at radius 3 is 2.88 bits per heavy atom. The quantitative estimate of drug-likeness (QED) is 0.613. The second-order valence-corrected chi connectivity index (χ2v) is 4.06. The molecule has 1 aromatic carbocycles. The zero-order chi connectivity index (χ0) is 12.3. The van der Waals surface area contributed by atoms with E-state index in [-0.39, 0.29) is 5.97 Å². The van der Waals surface area contributed by atoms with Crippen LogP contribution in [0.15, 0.2) is 35.7 Å². The second kappa shape index (κ2) is 5.01. The van der Waals surface area contributed by atoms with Gasteiger partial charge in [0, 0.05) is 4.90 Å². The van der Waals surface area contributed by atoms with E-state index in [1.54, 1.807) is 23.1 Å². The van der Waals surface area contributed by atoms with Gasteiger partial charge in [0.1, 0.15) is 12.7 Å². The van der Waals surface area contributed by atoms with Gasteiger partial charge in [0.2, 0.25) is 0 Å². The molecule has 5 nitrogen and oxygen atoms in total. The third-order valence-electron chi connectivity index (χ3n) is 2.27. The summed E-state index contributed by atoms with van der Waals surface area (Å²) in [5, 5.41) is 4.04. The summed E-state index contributed by atoms with van der Waals surface area (Å²) in [5.41, 5.74) is 1.42. The SMILES string of the molecule is COC(=O)c1ccc(-n2cncn2)cc1SC. The number of carbonyl (C=O) groups is 1. The molecule has 1 heterocycles. The van der Waals surface area contributed by atoms with Crippen LogP contribution in [-0.2, 0) is 4.74 Å². The Bertz CT molecular complexity index is 526. The maximum absolute atomic E-state index is 11.5. The molecule has 0 bridgehead atoms. The van der Waals surface area contributed by atoms with Crippen molar-refractivity contribution >= 4 is 17.7 Å². The van der Waals surface area contributed by atoms with E-state index in [0.717, 1.165) is 10.6 Å². The number of ether oxygens (including phenoxy) is 1. The van der Waals surface area contributed by atoms with Crippen molar-refractivity contribution in [3.05, 3.63) is 36.4 Å². The van der Waals surface area contributed by atoms with Crippen LogP contribution in [0.5, 0.6) is 0 Å². The molecule has 0 aliphatic carbocycles. The highest BCUT2D eigenvalue weighted by Crippen LogP contribution is 2.24. The average Bonchev–Trinajstić information content (AvgIpc) is 2.91. The summed E-state index contributed by atoms with van der Waals surface area (Å²) in [6.07, 6.45) is 4.98. The van der Waals surface area contributed by atoms with Crippen LogP contribution in [0.2, 0.25) is 0 Å². The molecule has 0 fully saturated rings. The zero-order valence-electron chi connectivity index (χ0n) is 9.45. The third kappa shape index (κ3) is 2.31. The zero-order valence-corrected chi connectivity index (χ0v) is 10.3. The lowest BCUT2D eigenvalue weighted by molar-refractivity contribution is 0.0597. The van der Waals surface area contributed by atoms with Gasteiger partial charge in [-0.3, -0.25) is 0 Å². The summed E-state index contributed by atoms with van der Waals surface area (Å²) in [5.74, 6) is -0.334. The van der Waals surface area contributed by atoms with E-state index in [1.165, 1.54) is 25.2 Å².